The number of methoxy groups -OCH3 is 2. The van der Waals surface area contributed by atoms with Crippen LogP contribution in [0.2, 0.25) is 0 Å². The molecule has 0 saturated carbocycles. The molecule has 0 spiro atoms. The highest BCUT2D eigenvalue weighted by atomic mass is 16.5. The van der Waals surface area contributed by atoms with Gasteiger partial charge in [0, 0.05) is 25.9 Å². The molecular formula is C28H38O7. The number of carbonyl (C=O) groups is 2. The van der Waals surface area contributed by atoms with Gasteiger partial charge in [-0.2, -0.15) is 0 Å². The van der Waals surface area contributed by atoms with Crippen LogP contribution in [0.25, 0.3) is 0 Å². The fraction of sp³-hybridized carbons (Fsp3) is 0.500. The maximum atomic E-state index is 12.4. The highest BCUT2D eigenvalue weighted by molar-refractivity contribution is 5.89. The molecule has 0 saturated heterocycles. The number of hydrogen-bond donors (Lipinski definition) is 1. The standard InChI is InChI=1S/C28H38O7/c1-21(19-34-20-22-12-14-26(33-3)15-13-22)27(30)18-24(29)10-7-11-25(32-2)16-17-35-28(31)23-8-5-4-6-9-23/h4-6,8-9,12-15,21,24-25,29H,7,10-11,16-20H2,1-3H3/t21-,24-,25+/m1/s1. The van der Waals surface area contributed by atoms with E-state index in [0.29, 0.717) is 44.5 Å². The van der Waals surface area contributed by atoms with Crippen molar-refractivity contribution in [2.45, 2.75) is 57.8 Å². The Morgan fingerprint density at radius 1 is 0.943 bits per heavy atom. The second-order valence-corrected chi connectivity index (χ2v) is 8.67. The van der Waals surface area contributed by atoms with Crippen molar-refractivity contribution in [3.05, 3.63) is 65.7 Å². The van der Waals surface area contributed by atoms with Gasteiger partial charge >= 0.3 is 5.97 Å². The first-order valence-corrected chi connectivity index (χ1v) is 12.1. The number of aliphatic hydroxyl groups is 1. The Balaban J connectivity index is 1.58. The molecule has 0 amide bonds. The summed E-state index contributed by atoms with van der Waals surface area (Å²) in [6.07, 6.45) is 1.85. The number of benzene rings is 2. The molecule has 0 aliphatic heterocycles. The summed E-state index contributed by atoms with van der Waals surface area (Å²) >= 11 is 0. The summed E-state index contributed by atoms with van der Waals surface area (Å²) in [5, 5.41) is 10.3. The van der Waals surface area contributed by atoms with Crippen molar-refractivity contribution in [1.29, 1.82) is 0 Å². The van der Waals surface area contributed by atoms with E-state index < -0.39 is 6.10 Å². The summed E-state index contributed by atoms with van der Waals surface area (Å²) in [6, 6.07) is 16.5. The van der Waals surface area contributed by atoms with Gasteiger partial charge in [0.05, 0.1) is 44.7 Å². The molecule has 2 aromatic rings. The van der Waals surface area contributed by atoms with Crippen molar-refractivity contribution in [3.8, 4) is 5.75 Å². The monoisotopic (exact) mass is 486 g/mol. The lowest BCUT2D eigenvalue weighted by atomic mass is 9.98. The first kappa shape index (κ1) is 28.5. The van der Waals surface area contributed by atoms with Crippen LogP contribution in [0.1, 0.15) is 54.9 Å². The van der Waals surface area contributed by atoms with E-state index in [2.05, 4.69) is 0 Å². The third-order valence-corrected chi connectivity index (χ3v) is 5.86. The van der Waals surface area contributed by atoms with Gasteiger partial charge in [-0.15, -0.1) is 0 Å². The molecular weight excluding hydrogens is 448 g/mol. The number of ether oxygens (including phenoxy) is 4. The Hall–Kier alpha value is -2.74. The molecule has 1 N–H and O–H groups in total. The molecule has 35 heavy (non-hydrogen) atoms. The van der Waals surface area contributed by atoms with Crippen LogP contribution in [0.15, 0.2) is 54.6 Å². The van der Waals surface area contributed by atoms with E-state index in [0.717, 1.165) is 11.3 Å². The molecule has 3 atom stereocenters. The van der Waals surface area contributed by atoms with Crippen molar-refractivity contribution in [2.75, 3.05) is 27.4 Å². The SMILES string of the molecule is COc1ccc(COC[C@@H](C)C(=O)C[C@H](O)CCC[C@@H](CCOC(=O)c2ccccc2)OC)cc1. The van der Waals surface area contributed by atoms with Gasteiger partial charge in [-0.05, 0) is 49.1 Å². The molecule has 2 rings (SSSR count). The van der Waals surface area contributed by atoms with Gasteiger partial charge < -0.3 is 24.1 Å². The van der Waals surface area contributed by atoms with Gasteiger partial charge in [-0.25, -0.2) is 4.79 Å². The fourth-order valence-electron chi connectivity index (χ4n) is 3.61. The molecule has 0 bridgehead atoms. The van der Waals surface area contributed by atoms with E-state index in [-0.39, 0.29) is 36.8 Å². The average Bonchev–Trinajstić information content (AvgIpc) is 2.88. The van der Waals surface area contributed by atoms with Crippen molar-refractivity contribution in [3.63, 3.8) is 0 Å². The Bertz CT molecular complexity index is 867. The van der Waals surface area contributed by atoms with Crippen LogP contribution < -0.4 is 4.74 Å². The Kier molecular flexibility index (Phi) is 13.0. The average molecular weight is 487 g/mol. The number of carbonyl (C=O) groups excluding carboxylic acids is 2. The minimum atomic E-state index is -0.694. The number of rotatable bonds is 17. The molecule has 0 aromatic heterocycles. The third-order valence-electron chi connectivity index (χ3n) is 5.86. The molecule has 0 heterocycles. The highest BCUT2D eigenvalue weighted by Crippen LogP contribution is 2.15. The van der Waals surface area contributed by atoms with E-state index in [9.17, 15) is 14.7 Å². The topological polar surface area (TPSA) is 91.3 Å². The van der Waals surface area contributed by atoms with Crippen molar-refractivity contribution >= 4 is 11.8 Å². The minimum Gasteiger partial charge on any atom is -0.497 e. The Morgan fingerprint density at radius 2 is 1.66 bits per heavy atom. The second-order valence-electron chi connectivity index (χ2n) is 8.67. The maximum absolute atomic E-state index is 12.4. The van der Waals surface area contributed by atoms with E-state index in [1.165, 1.54) is 0 Å². The van der Waals surface area contributed by atoms with Crippen LogP contribution >= 0.6 is 0 Å². The summed E-state index contributed by atoms with van der Waals surface area (Å²) < 4.78 is 21.6. The predicted octanol–water partition coefficient (Wildman–Crippen LogP) is 4.60. The molecule has 192 valence electrons. The largest absolute Gasteiger partial charge is 0.497 e. The summed E-state index contributed by atoms with van der Waals surface area (Å²) in [5.41, 5.74) is 1.53. The summed E-state index contributed by atoms with van der Waals surface area (Å²) in [7, 11) is 3.24. The summed E-state index contributed by atoms with van der Waals surface area (Å²) in [4.78, 5) is 24.4. The van der Waals surface area contributed by atoms with E-state index >= 15 is 0 Å². The van der Waals surface area contributed by atoms with Crippen LogP contribution in [-0.2, 0) is 25.6 Å². The third kappa shape index (κ3) is 11.0. The van der Waals surface area contributed by atoms with Gasteiger partial charge in [0.1, 0.15) is 11.5 Å². The number of ketones is 1. The lowest BCUT2D eigenvalue weighted by molar-refractivity contribution is -0.126. The van der Waals surface area contributed by atoms with Gasteiger partial charge in [0.15, 0.2) is 0 Å². The molecule has 0 aliphatic carbocycles. The normalized spacial score (nSPS) is 13.6. The number of esters is 1. The number of aliphatic hydroxyl groups excluding tert-OH is 1. The molecule has 7 heteroatoms. The lowest BCUT2D eigenvalue weighted by Crippen LogP contribution is -2.23. The molecule has 0 fully saturated rings. The lowest BCUT2D eigenvalue weighted by Gasteiger charge is -2.17. The molecule has 7 nitrogen and oxygen atoms in total. The Morgan fingerprint density at radius 3 is 2.31 bits per heavy atom. The highest BCUT2D eigenvalue weighted by Gasteiger charge is 2.18. The number of Topliss-reactive ketones (excluding diaryl/α,β-unsaturated/α-hetero) is 1. The van der Waals surface area contributed by atoms with Crippen LogP contribution in [0.5, 0.6) is 5.75 Å². The fourth-order valence-corrected chi connectivity index (χ4v) is 3.61. The van der Waals surface area contributed by atoms with Crippen molar-refractivity contribution in [1.82, 2.24) is 0 Å². The van der Waals surface area contributed by atoms with E-state index in [1.807, 2.05) is 37.3 Å². The van der Waals surface area contributed by atoms with Crippen LogP contribution in [0, 0.1) is 5.92 Å². The van der Waals surface area contributed by atoms with Gasteiger partial charge in [0.2, 0.25) is 0 Å². The number of hydrogen-bond acceptors (Lipinski definition) is 7. The molecule has 2 aromatic carbocycles. The van der Waals surface area contributed by atoms with Crippen LogP contribution in [0.4, 0.5) is 0 Å². The first-order valence-electron chi connectivity index (χ1n) is 12.1. The van der Waals surface area contributed by atoms with Crippen molar-refractivity contribution in [2.24, 2.45) is 5.92 Å². The maximum Gasteiger partial charge on any atom is 0.338 e. The second kappa shape index (κ2) is 16.0. The molecule has 0 unspecified atom stereocenters. The first-order chi connectivity index (χ1) is 16.9. The van der Waals surface area contributed by atoms with Crippen LogP contribution in [-0.4, -0.2) is 56.5 Å². The summed E-state index contributed by atoms with van der Waals surface area (Å²) in [5.74, 6) is 0.142. The van der Waals surface area contributed by atoms with Gasteiger partial charge in [-0.3, -0.25) is 4.79 Å². The minimum absolute atomic E-state index is 0.0108. The Labute approximate surface area is 208 Å². The quantitative estimate of drug-likeness (QED) is 0.327. The van der Waals surface area contributed by atoms with Crippen LogP contribution in [0.3, 0.4) is 0 Å². The zero-order valence-electron chi connectivity index (χ0n) is 21.0. The summed E-state index contributed by atoms with van der Waals surface area (Å²) in [6.45, 7) is 2.82. The van der Waals surface area contributed by atoms with Crippen molar-refractivity contribution < 1.29 is 33.6 Å². The zero-order chi connectivity index (χ0) is 25.5. The van der Waals surface area contributed by atoms with Gasteiger partial charge in [0.25, 0.3) is 0 Å². The molecule has 0 aliphatic rings. The van der Waals surface area contributed by atoms with E-state index in [4.69, 9.17) is 18.9 Å². The smallest absolute Gasteiger partial charge is 0.338 e. The van der Waals surface area contributed by atoms with E-state index in [1.54, 1.807) is 38.5 Å². The zero-order valence-corrected chi connectivity index (χ0v) is 21.0. The van der Waals surface area contributed by atoms with Gasteiger partial charge in [-0.1, -0.05) is 37.3 Å². The molecule has 0 radical (unpaired) electrons. The predicted molar refractivity (Wildman–Crippen MR) is 133 cm³/mol.